The molecule has 0 aromatic heterocycles. The number of aliphatic hydroxyl groups excluding tert-OH is 7. The number of hydrogen-bond acceptors (Lipinski definition) is 10. The van der Waals surface area contributed by atoms with Crippen molar-refractivity contribution >= 4 is 5.91 Å². The van der Waals surface area contributed by atoms with Gasteiger partial charge in [-0.2, -0.15) is 0 Å². The zero-order chi connectivity index (χ0) is 49.0. The number of allylic oxidation sites excluding steroid dienone is 8. The van der Waals surface area contributed by atoms with E-state index in [2.05, 4.69) is 67.8 Å². The van der Waals surface area contributed by atoms with E-state index in [4.69, 9.17) is 9.47 Å². The summed E-state index contributed by atoms with van der Waals surface area (Å²) in [5, 5.41) is 75.9. The molecule has 9 unspecified atom stereocenters. The van der Waals surface area contributed by atoms with Crippen molar-refractivity contribution in [3.8, 4) is 0 Å². The van der Waals surface area contributed by atoms with E-state index in [-0.39, 0.29) is 12.8 Å². The molecule has 11 heteroatoms. The second kappa shape index (κ2) is 45.2. The summed E-state index contributed by atoms with van der Waals surface area (Å²) in [6, 6.07) is -1.20. The maximum atomic E-state index is 13.2. The first kappa shape index (κ1) is 63.1. The minimum atomic E-state index is -1.67. The maximum absolute atomic E-state index is 13.2. The third-order valence-electron chi connectivity index (χ3n) is 13.1. The predicted molar refractivity (Wildman–Crippen MR) is 275 cm³/mol. The highest BCUT2D eigenvalue weighted by Crippen LogP contribution is 2.23. The fourth-order valence-corrected chi connectivity index (χ4v) is 8.53. The number of rotatable bonds is 46. The summed E-state index contributed by atoms with van der Waals surface area (Å²) < 4.78 is 11.1. The normalized spacial score (nSPS) is 21.0. The van der Waals surface area contributed by atoms with Gasteiger partial charge in [0.2, 0.25) is 5.91 Å². The number of aliphatic hydroxyl groups is 7. The molecular weight excluding hydrogens is 847 g/mol. The Morgan fingerprint density at radius 3 is 1.36 bits per heavy atom. The van der Waals surface area contributed by atoms with Crippen LogP contribution in [0.4, 0.5) is 0 Å². The largest absolute Gasteiger partial charge is 0.394 e. The standard InChI is InChI=1S/C56H103NO10/c1-3-5-7-9-11-13-15-17-19-21-22-23-24-25-26-27-28-30-32-34-36-38-40-42-44-49(60)55(65)57-47(46-66-56-54(64)53(63)52(62)50(45-58)67-56)51(61)48(59)43-41-39-37-35-33-31-29-20-18-16-14-12-10-8-6-4-2/h12,14,20,25-26,29,35,37,47-54,56,58-64H,3-11,13,15-19,21-24,27-28,30-34,36,38-46H2,1-2H3,(H,57,65)/b14-12+,26-25-,29-20+,37-35+. The molecule has 0 saturated carbocycles. The van der Waals surface area contributed by atoms with Crippen molar-refractivity contribution in [2.24, 2.45) is 0 Å². The van der Waals surface area contributed by atoms with Crippen LogP contribution < -0.4 is 5.32 Å². The summed E-state index contributed by atoms with van der Waals surface area (Å²) in [6.07, 6.45) is 44.5. The van der Waals surface area contributed by atoms with Crippen LogP contribution in [0.1, 0.15) is 232 Å². The SMILES string of the molecule is CCCCC/C=C/CC/C=C/CC/C=C/CCCC(O)C(O)C(COC1OC(CO)C(O)C(O)C1O)NC(=O)C(O)CCCCCCCCCC/C=C\CCCCCCCCCCCCCC. The number of nitrogens with one attached hydrogen (secondary N) is 1. The predicted octanol–water partition coefficient (Wildman–Crippen LogP) is 10.9. The third kappa shape index (κ3) is 34.1. The zero-order valence-electron chi connectivity index (χ0n) is 42.6. The van der Waals surface area contributed by atoms with E-state index in [1.165, 1.54) is 135 Å². The summed E-state index contributed by atoms with van der Waals surface area (Å²) >= 11 is 0. The molecule has 0 bridgehead atoms. The van der Waals surface area contributed by atoms with Crippen LogP contribution in [0.5, 0.6) is 0 Å². The molecule has 1 saturated heterocycles. The van der Waals surface area contributed by atoms with Crippen LogP contribution in [0, 0.1) is 0 Å². The molecule has 0 spiro atoms. The van der Waals surface area contributed by atoms with Crippen molar-refractivity contribution < 1.29 is 50.0 Å². The Hall–Kier alpha value is -1.93. The van der Waals surface area contributed by atoms with Crippen LogP contribution in [0.2, 0.25) is 0 Å². The Morgan fingerprint density at radius 1 is 0.507 bits per heavy atom. The first-order valence-electron chi connectivity index (χ1n) is 27.5. The molecular formula is C56H103NO10. The smallest absolute Gasteiger partial charge is 0.249 e. The van der Waals surface area contributed by atoms with E-state index in [0.29, 0.717) is 19.3 Å². The van der Waals surface area contributed by atoms with Gasteiger partial charge in [0.05, 0.1) is 25.4 Å². The van der Waals surface area contributed by atoms with Crippen molar-refractivity contribution in [2.45, 2.75) is 287 Å². The zero-order valence-corrected chi connectivity index (χ0v) is 42.6. The fraction of sp³-hybridized carbons (Fsp3) is 0.839. The van der Waals surface area contributed by atoms with Gasteiger partial charge in [0, 0.05) is 0 Å². The molecule has 1 rings (SSSR count). The molecule has 0 aromatic rings. The molecule has 8 N–H and O–H groups in total. The summed E-state index contributed by atoms with van der Waals surface area (Å²) in [7, 11) is 0. The van der Waals surface area contributed by atoms with Gasteiger partial charge in [-0.1, -0.05) is 191 Å². The number of ether oxygens (including phenoxy) is 2. The minimum absolute atomic E-state index is 0.239. The molecule has 0 aliphatic carbocycles. The van der Waals surface area contributed by atoms with Gasteiger partial charge in [-0.05, 0) is 89.9 Å². The van der Waals surface area contributed by atoms with Gasteiger partial charge in [0.25, 0.3) is 0 Å². The molecule has 1 aliphatic rings. The second-order valence-corrected chi connectivity index (χ2v) is 19.3. The van der Waals surface area contributed by atoms with Gasteiger partial charge in [-0.3, -0.25) is 4.79 Å². The molecule has 0 aromatic carbocycles. The Labute approximate surface area is 409 Å². The topological polar surface area (TPSA) is 189 Å². The van der Waals surface area contributed by atoms with E-state index >= 15 is 0 Å². The van der Waals surface area contributed by atoms with Crippen LogP contribution in [0.25, 0.3) is 0 Å². The summed E-state index contributed by atoms with van der Waals surface area (Å²) in [5.41, 5.74) is 0. The van der Waals surface area contributed by atoms with Crippen LogP contribution in [0.15, 0.2) is 48.6 Å². The molecule has 1 amide bonds. The van der Waals surface area contributed by atoms with Crippen molar-refractivity contribution in [3.05, 3.63) is 48.6 Å². The molecule has 392 valence electrons. The highest BCUT2D eigenvalue weighted by Gasteiger charge is 2.44. The lowest BCUT2D eigenvalue weighted by atomic mass is 9.98. The molecule has 9 atom stereocenters. The van der Waals surface area contributed by atoms with E-state index < -0.39 is 74.2 Å². The lowest BCUT2D eigenvalue weighted by Crippen LogP contribution is -2.60. The van der Waals surface area contributed by atoms with Crippen LogP contribution in [-0.2, 0) is 14.3 Å². The number of amides is 1. The fourth-order valence-electron chi connectivity index (χ4n) is 8.53. The lowest BCUT2D eigenvalue weighted by molar-refractivity contribution is -0.303. The van der Waals surface area contributed by atoms with Crippen molar-refractivity contribution in [1.82, 2.24) is 5.32 Å². The highest BCUT2D eigenvalue weighted by atomic mass is 16.7. The molecule has 11 nitrogen and oxygen atoms in total. The summed E-state index contributed by atoms with van der Waals surface area (Å²) in [5.74, 6) is -0.715. The van der Waals surface area contributed by atoms with Gasteiger partial charge in [0.15, 0.2) is 6.29 Å². The van der Waals surface area contributed by atoms with Gasteiger partial charge >= 0.3 is 0 Å². The molecule has 67 heavy (non-hydrogen) atoms. The average Bonchev–Trinajstić information content (AvgIpc) is 3.33. The van der Waals surface area contributed by atoms with E-state index in [0.717, 1.165) is 51.4 Å². The summed E-state index contributed by atoms with van der Waals surface area (Å²) in [4.78, 5) is 13.2. The monoisotopic (exact) mass is 950 g/mol. The van der Waals surface area contributed by atoms with E-state index in [9.17, 15) is 40.5 Å². The van der Waals surface area contributed by atoms with E-state index in [1.54, 1.807) is 0 Å². The van der Waals surface area contributed by atoms with Crippen molar-refractivity contribution in [2.75, 3.05) is 13.2 Å². The Morgan fingerprint density at radius 2 is 0.896 bits per heavy atom. The first-order chi connectivity index (χ1) is 32.7. The Kier molecular flexibility index (Phi) is 42.6. The third-order valence-corrected chi connectivity index (χ3v) is 13.1. The number of unbranched alkanes of at least 4 members (excludes halogenated alkanes) is 26. The quantitative estimate of drug-likeness (QED) is 0.0215. The maximum Gasteiger partial charge on any atom is 0.249 e. The van der Waals surface area contributed by atoms with Gasteiger partial charge < -0.3 is 50.5 Å². The lowest BCUT2D eigenvalue weighted by Gasteiger charge is -2.40. The number of carbonyl (C=O) groups is 1. The van der Waals surface area contributed by atoms with Gasteiger partial charge in [0.1, 0.15) is 36.6 Å². The molecule has 0 radical (unpaired) electrons. The van der Waals surface area contributed by atoms with Crippen LogP contribution in [0.3, 0.4) is 0 Å². The molecule has 1 fully saturated rings. The molecule has 1 heterocycles. The first-order valence-corrected chi connectivity index (χ1v) is 27.5. The Balaban J connectivity index is 2.36. The van der Waals surface area contributed by atoms with Crippen molar-refractivity contribution in [1.29, 1.82) is 0 Å². The number of hydrogen-bond donors (Lipinski definition) is 8. The van der Waals surface area contributed by atoms with Crippen LogP contribution >= 0.6 is 0 Å². The van der Waals surface area contributed by atoms with Crippen LogP contribution in [-0.4, -0.2) is 110 Å². The van der Waals surface area contributed by atoms with E-state index in [1.807, 2.05) is 0 Å². The minimum Gasteiger partial charge on any atom is -0.394 e. The van der Waals surface area contributed by atoms with Gasteiger partial charge in [-0.25, -0.2) is 0 Å². The summed E-state index contributed by atoms with van der Waals surface area (Å²) in [6.45, 7) is 3.41. The highest BCUT2D eigenvalue weighted by molar-refractivity contribution is 5.80. The van der Waals surface area contributed by atoms with Gasteiger partial charge in [-0.15, -0.1) is 0 Å². The second-order valence-electron chi connectivity index (χ2n) is 19.3. The Bertz CT molecular complexity index is 1230. The van der Waals surface area contributed by atoms with Crippen molar-refractivity contribution in [3.63, 3.8) is 0 Å². The number of carbonyl (C=O) groups excluding carboxylic acids is 1. The average molecular weight is 950 g/mol. The molecule has 1 aliphatic heterocycles.